The standard InChI is InChI=1S/C15H18BrFN2O.ClH/c16-13-2-1-11(17)9-12(13)14(20)19-7-4-15(5-8-19)3-6-18-10-15;/h1-2,9,18H,3-8,10H2;1H. The summed E-state index contributed by atoms with van der Waals surface area (Å²) in [4.78, 5) is 14.3. The van der Waals surface area contributed by atoms with Crippen LogP contribution in [0.1, 0.15) is 29.6 Å². The van der Waals surface area contributed by atoms with Crippen molar-refractivity contribution < 1.29 is 9.18 Å². The van der Waals surface area contributed by atoms with Gasteiger partial charge in [-0.15, -0.1) is 12.4 Å². The molecule has 116 valence electrons. The molecule has 3 rings (SSSR count). The maximum absolute atomic E-state index is 13.3. The van der Waals surface area contributed by atoms with Crippen LogP contribution in [0, 0.1) is 11.2 Å². The number of carbonyl (C=O) groups is 1. The summed E-state index contributed by atoms with van der Waals surface area (Å²) >= 11 is 3.33. The van der Waals surface area contributed by atoms with Gasteiger partial charge >= 0.3 is 0 Å². The van der Waals surface area contributed by atoms with E-state index in [9.17, 15) is 9.18 Å². The van der Waals surface area contributed by atoms with Gasteiger partial charge in [-0.05, 0) is 65.4 Å². The first kappa shape index (κ1) is 16.7. The van der Waals surface area contributed by atoms with E-state index in [0.717, 1.165) is 39.0 Å². The van der Waals surface area contributed by atoms with Crippen LogP contribution in [0.5, 0.6) is 0 Å². The molecule has 0 aliphatic carbocycles. The third kappa shape index (κ3) is 3.41. The molecular weight excluding hydrogens is 359 g/mol. The summed E-state index contributed by atoms with van der Waals surface area (Å²) in [5, 5.41) is 3.41. The second-order valence-corrected chi connectivity index (χ2v) is 6.70. The van der Waals surface area contributed by atoms with Crippen LogP contribution in [0.25, 0.3) is 0 Å². The van der Waals surface area contributed by atoms with Crippen LogP contribution in [-0.4, -0.2) is 37.0 Å². The van der Waals surface area contributed by atoms with Gasteiger partial charge in [0, 0.05) is 24.1 Å². The second kappa shape index (κ2) is 6.63. The molecule has 1 N–H and O–H groups in total. The third-order valence-corrected chi connectivity index (χ3v) is 5.29. The number of carbonyl (C=O) groups excluding carboxylic acids is 1. The molecule has 2 fully saturated rings. The monoisotopic (exact) mass is 376 g/mol. The van der Waals surface area contributed by atoms with E-state index in [4.69, 9.17) is 0 Å². The summed E-state index contributed by atoms with van der Waals surface area (Å²) in [5.74, 6) is -0.442. The first-order valence-corrected chi connectivity index (χ1v) is 7.84. The number of nitrogens with zero attached hydrogens (tertiary/aromatic N) is 1. The normalized spacial score (nSPS) is 20.4. The molecule has 1 aromatic carbocycles. The highest BCUT2D eigenvalue weighted by Gasteiger charge is 2.38. The molecule has 0 aromatic heterocycles. The van der Waals surface area contributed by atoms with Crippen molar-refractivity contribution in [2.45, 2.75) is 19.3 Å². The summed E-state index contributed by atoms with van der Waals surface area (Å²) < 4.78 is 14.0. The smallest absolute Gasteiger partial charge is 0.255 e. The highest BCUT2D eigenvalue weighted by atomic mass is 79.9. The van der Waals surface area contributed by atoms with E-state index < -0.39 is 0 Å². The zero-order chi connectivity index (χ0) is 14.2. The van der Waals surface area contributed by atoms with Gasteiger partial charge in [-0.3, -0.25) is 4.79 Å². The molecule has 2 aliphatic heterocycles. The Morgan fingerprint density at radius 1 is 1.29 bits per heavy atom. The highest BCUT2D eigenvalue weighted by molar-refractivity contribution is 9.10. The summed E-state index contributed by atoms with van der Waals surface area (Å²) in [5.41, 5.74) is 0.807. The van der Waals surface area contributed by atoms with Gasteiger partial charge in [0.2, 0.25) is 0 Å². The van der Waals surface area contributed by atoms with Crippen LogP contribution in [0.2, 0.25) is 0 Å². The number of hydrogen-bond donors (Lipinski definition) is 1. The quantitative estimate of drug-likeness (QED) is 0.815. The molecular formula is C15H19BrClFN2O. The minimum Gasteiger partial charge on any atom is -0.339 e. The lowest BCUT2D eigenvalue weighted by Crippen LogP contribution is -2.44. The van der Waals surface area contributed by atoms with E-state index in [0.29, 0.717) is 15.5 Å². The predicted molar refractivity (Wildman–Crippen MR) is 86.4 cm³/mol. The maximum atomic E-state index is 13.3. The van der Waals surface area contributed by atoms with Gasteiger partial charge in [0.25, 0.3) is 5.91 Å². The van der Waals surface area contributed by atoms with Crippen molar-refractivity contribution in [3.05, 3.63) is 34.1 Å². The lowest BCUT2D eigenvalue weighted by molar-refractivity contribution is 0.0606. The van der Waals surface area contributed by atoms with Crippen molar-refractivity contribution in [1.82, 2.24) is 10.2 Å². The number of benzene rings is 1. The average Bonchev–Trinajstić information content (AvgIpc) is 2.90. The van der Waals surface area contributed by atoms with Crippen molar-refractivity contribution >= 4 is 34.2 Å². The van der Waals surface area contributed by atoms with Gasteiger partial charge in [-0.1, -0.05) is 0 Å². The highest BCUT2D eigenvalue weighted by Crippen LogP contribution is 2.37. The van der Waals surface area contributed by atoms with Crippen molar-refractivity contribution in [3.8, 4) is 0 Å². The molecule has 1 amide bonds. The van der Waals surface area contributed by atoms with Crippen molar-refractivity contribution in [2.24, 2.45) is 5.41 Å². The largest absolute Gasteiger partial charge is 0.339 e. The lowest BCUT2D eigenvalue weighted by Gasteiger charge is -2.39. The maximum Gasteiger partial charge on any atom is 0.255 e. The van der Waals surface area contributed by atoms with E-state index in [1.54, 1.807) is 6.07 Å². The molecule has 1 aromatic rings. The first-order valence-electron chi connectivity index (χ1n) is 7.05. The van der Waals surface area contributed by atoms with Crippen molar-refractivity contribution in [1.29, 1.82) is 0 Å². The Hall–Kier alpha value is -0.650. The van der Waals surface area contributed by atoms with Crippen LogP contribution in [0.15, 0.2) is 22.7 Å². The lowest BCUT2D eigenvalue weighted by atomic mass is 9.78. The zero-order valence-corrected chi connectivity index (χ0v) is 14.1. The average molecular weight is 378 g/mol. The summed E-state index contributed by atoms with van der Waals surface area (Å²) in [6.45, 7) is 3.69. The van der Waals surface area contributed by atoms with Crippen LogP contribution in [-0.2, 0) is 0 Å². The topological polar surface area (TPSA) is 32.3 Å². The molecule has 2 heterocycles. The van der Waals surface area contributed by atoms with Crippen LogP contribution in [0.4, 0.5) is 4.39 Å². The Morgan fingerprint density at radius 2 is 2.00 bits per heavy atom. The Bertz CT molecular complexity index is 524. The van der Waals surface area contributed by atoms with Gasteiger partial charge in [0.15, 0.2) is 0 Å². The molecule has 2 aliphatic rings. The molecule has 2 saturated heterocycles. The van der Waals surface area contributed by atoms with E-state index in [-0.39, 0.29) is 24.1 Å². The van der Waals surface area contributed by atoms with E-state index >= 15 is 0 Å². The van der Waals surface area contributed by atoms with Gasteiger partial charge < -0.3 is 10.2 Å². The number of piperidine rings is 1. The number of rotatable bonds is 1. The number of likely N-dealkylation sites (tertiary alicyclic amines) is 1. The van der Waals surface area contributed by atoms with Gasteiger partial charge in [0.05, 0.1) is 5.56 Å². The van der Waals surface area contributed by atoms with E-state index in [2.05, 4.69) is 21.2 Å². The molecule has 1 spiro atoms. The van der Waals surface area contributed by atoms with Crippen LogP contribution in [0.3, 0.4) is 0 Å². The molecule has 0 saturated carbocycles. The van der Waals surface area contributed by atoms with Gasteiger partial charge in [0.1, 0.15) is 5.82 Å². The second-order valence-electron chi connectivity index (χ2n) is 5.84. The molecule has 6 heteroatoms. The summed E-state index contributed by atoms with van der Waals surface area (Å²) in [6.07, 6.45) is 3.29. The number of amides is 1. The van der Waals surface area contributed by atoms with E-state index in [1.165, 1.54) is 18.6 Å². The number of halogens is 3. The first-order chi connectivity index (χ1) is 9.60. The fourth-order valence-corrected chi connectivity index (χ4v) is 3.65. The molecule has 0 bridgehead atoms. The summed E-state index contributed by atoms with van der Waals surface area (Å²) in [7, 11) is 0. The molecule has 21 heavy (non-hydrogen) atoms. The van der Waals surface area contributed by atoms with Gasteiger partial charge in [-0.2, -0.15) is 0 Å². The summed E-state index contributed by atoms with van der Waals surface area (Å²) in [6, 6.07) is 4.26. The number of nitrogens with one attached hydrogen (secondary N) is 1. The SMILES string of the molecule is Cl.O=C(c1cc(F)ccc1Br)N1CCC2(CCNC2)CC1. The fraction of sp³-hybridized carbons (Fsp3) is 0.533. The Kier molecular flexibility index (Phi) is 5.28. The van der Waals surface area contributed by atoms with E-state index in [1.807, 2.05) is 4.90 Å². The third-order valence-electron chi connectivity index (χ3n) is 4.60. The Balaban J connectivity index is 0.00000161. The van der Waals surface area contributed by atoms with Crippen molar-refractivity contribution in [3.63, 3.8) is 0 Å². The van der Waals surface area contributed by atoms with Crippen LogP contribution >= 0.6 is 28.3 Å². The fourth-order valence-electron chi connectivity index (χ4n) is 3.24. The van der Waals surface area contributed by atoms with Crippen molar-refractivity contribution in [2.75, 3.05) is 26.2 Å². The van der Waals surface area contributed by atoms with Crippen LogP contribution < -0.4 is 5.32 Å². The number of hydrogen-bond acceptors (Lipinski definition) is 2. The zero-order valence-electron chi connectivity index (χ0n) is 11.7. The molecule has 0 radical (unpaired) electrons. The molecule has 0 unspecified atom stereocenters. The Labute approximate surface area is 138 Å². The predicted octanol–water partition coefficient (Wildman–Crippen LogP) is 3.23. The Morgan fingerprint density at radius 3 is 2.62 bits per heavy atom. The molecule has 0 atom stereocenters. The van der Waals surface area contributed by atoms with Gasteiger partial charge in [-0.25, -0.2) is 4.39 Å². The minimum absolute atomic E-state index is 0. The minimum atomic E-state index is -0.370. The molecule has 3 nitrogen and oxygen atoms in total.